The molecule has 0 heterocycles. The minimum Gasteiger partial charge on any atom is -0.335 e. The van der Waals surface area contributed by atoms with Gasteiger partial charge in [0.15, 0.2) is 0 Å². The van der Waals surface area contributed by atoms with Crippen molar-refractivity contribution in [3.63, 3.8) is 0 Å². The Balaban J connectivity index is 3.40. The second kappa shape index (κ2) is 16.0. The molecule has 0 aliphatic heterocycles. The molecule has 116 valence electrons. The maximum absolute atomic E-state index is 2.31. The first-order valence-electron chi connectivity index (χ1n) is 9.18. The van der Waals surface area contributed by atoms with Crippen LogP contribution in [0.15, 0.2) is 0 Å². The Hall–Kier alpha value is -0.0400. The van der Waals surface area contributed by atoms with Crippen LogP contribution >= 0.6 is 0 Å². The zero-order valence-corrected chi connectivity index (χ0v) is 14.1. The summed E-state index contributed by atoms with van der Waals surface area (Å²) >= 11 is 0. The molecule has 0 radical (unpaired) electrons. The molecule has 19 heavy (non-hydrogen) atoms. The Morgan fingerprint density at radius 1 is 0.421 bits per heavy atom. The van der Waals surface area contributed by atoms with Crippen molar-refractivity contribution in [2.45, 2.75) is 97.8 Å². The second-order valence-corrected chi connectivity index (χ2v) is 6.18. The first-order chi connectivity index (χ1) is 9.35. The third-order valence-corrected chi connectivity index (χ3v) is 4.15. The van der Waals surface area contributed by atoms with Crippen molar-refractivity contribution in [1.82, 2.24) is 0 Å². The molecule has 0 aliphatic rings. The van der Waals surface area contributed by atoms with E-state index in [4.69, 9.17) is 0 Å². The first-order valence-corrected chi connectivity index (χ1v) is 9.18. The van der Waals surface area contributed by atoms with E-state index < -0.39 is 0 Å². The number of quaternary nitrogens is 1. The van der Waals surface area contributed by atoms with Gasteiger partial charge in [-0.2, -0.15) is 0 Å². The third-order valence-electron chi connectivity index (χ3n) is 4.15. The van der Waals surface area contributed by atoms with Gasteiger partial charge in [0.1, 0.15) is 0 Å². The van der Waals surface area contributed by atoms with Crippen LogP contribution < -0.4 is 4.90 Å². The Labute approximate surface area is 123 Å². The molecule has 0 rings (SSSR count). The molecule has 0 spiro atoms. The first kappa shape index (κ1) is 19.0. The molecule has 0 saturated heterocycles. The number of unbranched alkanes of at least 4 members (excludes halogenated alkanes) is 9. The fourth-order valence-corrected chi connectivity index (χ4v) is 2.74. The van der Waals surface area contributed by atoms with E-state index in [1.807, 2.05) is 4.90 Å². The Morgan fingerprint density at radius 2 is 0.789 bits per heavy atom. The van der Waals surface area contributed by atoms with Crippen LogP contribution in [0.3, 0.4) is 0 Å². The summed E-state index contributed by atoms with van der Waals surface area (Å²) in [5.41, 5.74) is 0. The summed E-state index contributed by atoms with van der Waals surface area (Å²) in [6, 6.07) is 0. The monoisotopic (exact) mass is 270 g/mol. The smallest absolute Gasteiger partial charge is 0.0770 e. The van der Waals surface area contributed by atoms with Gasteiger partial charge in [-0.05, 0) is 25.7 Å². The predicted molar refractivity (Wildman–Crippen MR) is 88.0 cm³/mol. The molecule has 0 aromatic rings. The topological polar surface area (TPSA) is 4.44 Å². The average Bonchev–Trinajstić information content (AvgIpc) is 2.43. The van der Waals surface area contributed by atoms with E-state index in [2.05, 4.69) is 20.8 Å². The zero-order valence-electron chi connectivity index (χ0n) is 14.1. The highest BCUT2D eigenvalue weighted by Crippen LogP contribution is 2.07. The Bertz CT molecular complexity index is 148. The average molecular weight is 271 g/mol. The molecule has 0 fully saturated rings. The number of nitrogens with one attached hydrogen (secondary N) is 1. The normalized spacial score (nSPS) is 11.4. The van der Waals surface area contributed by atoms with Crippen LogP contribution in [0.2, 0.25) is 0 Å². The molecular formula is C18H40N+. The van der Waals surface area contributed by atoms with Gasteiger partial charge in [0.25, 0.3) is 0 Å². The molecule has 0 aromatic heterocycles. The van der Waals surface area contributed by atoms with Gasteiger partial charge in [-0.25, -0.2) is 0 Å². The minimum absolute atomic E-state index is 1.35. The van der Waals surface area contributed by atoms with Crippen LogP contribution in [0.25, 0.3) is 0 Å². The molecule has 0 bridgehead atoms. The van der Waals surface area contributed by atoms with Crippen molar-refractivity contribution >= 4 is 0 Å². The van der Waals surface area contributed by atoms with E-state index in [1.165, 1.54) is 96.7 Å². The standard InChI is InChI=1S/C18H39N/c1-4-7-10-11-12-13-14-15-18-19(16-8-5-2)17-9-6-3/h4-18H2,1-3H3/p+1. The summed E-state index contributed by atoms with van der Waals surface area (Å²) in [4.78, 5) is 1.87. The lowest BCUT2D eigenvalue weighted by Crippen LogP contribution is -3.12. The maximum atomic E-state index is 2.31. The molecule has 0 aliphatic carbocycles. The van der Waals surface area contributed by atoms with Crippen LogP contribution in [0.4, 0.5) is 0 Å². The highest BCUT2D eigenvalue weighted by molar-refractivity contribution is 4.46. The van der Waals surface area contributed by atoms with Crippen molar-refractivity contribution < 1.29 is 4.90 Å². The zero-order chi connectivity index (χ0) is 14.2. The highest BCUT2D eigenvalue weighted by Gasteiger charge is 2.06. The molecule has 0 atom stereocenters. The molecule has 0 saturated carbocycles. The van der Waals surface area contributed by atoms with E-state index >= 15 is 0 Å². The van der Waals surface area contributed by atoms with Gasteiger partial charge in [0, 0.05) is 0 Å². The van der Waals surface area contributed by atoms with Crippen molar-refractivity contribution in [3.05, 3.63) is 0 Å². The minimum atomic E-state index is 1.35. The lowest BCUT2D eigenvalue weighted by Gasteiger charge is -2.19. The summed E-state index contributed by atoms with van der Waals surface area (Å²) in [6.07, 6.45) is 17.1. The largest absolute Gasteiger partial charge is 0.335 e. The van der Waals surface area contributed by atoms with Crippen LogP contribution in [0.5, 0.6) is 0 Å². The van der Waals surface area contributed by atoms with E-state index in [1.54, 1.807) is 0 Å². The summed E-state index contributed by atoms with van der Waals surface area (Å²) in [5, 5.41) is 0. The Morgan fingerprint density at radius 3 is 1.26 bits per heavy atom. The molecule has 1 heteroatoms. The molecule has 0 amide bonds. The molecule has 0 aromatic carbocycles. The maximum Gasteiger partial charge on any atom is 0.0770 e. The Kier molecular flexibility index (Phi) is 16.0. The van der Waals surface area contributed by atoms with Crippen LogP contribution in [0.1, 0.15) is 97.8 Å². The third kappa shape index (κ3) is 14.2. The molecule has 1 N–H and O–H groups in total. The van der Waals surface area contributed by atoms with Gasteiger partial charge in [0.2, 0.25) is 0 Å². The highest BCUT2D eigenvalue weighted by atomic mass is 15.1. The van der Waals surface area contributed by atoms with Crippen molar-refractivity contribution in [2.24, 2.45) is 0 Å². The van der Waals surface area contributed by atoms with Crippen LogP contribution in [0, 0.1) is 0 Å². The van der Waals surface area contributed by atoms with Gasteiger partial charge < -0.3 is 4.90 Å². The number of rotatable bonds is 15. The van der Waals surface area contributed by atoms with E-state index in [0.717, 1.165) is 0 Å². The van der Waals surface area contributed by atoms with Gasteiger partial charge in [0.05, 0.1) is 19.6 Å². The molecule has 0 unspecified atom stereocenters. The van der Waals surface area contributed by atoms with Gasteiger partial charge in [-0.3, -0.25) is 0 Å². The molecular weight excluding hydrogens is 230 g/mol. The van der Waals surface area contributed by atoms with E-state index in [0.29, 0.717) is 0 Å². The number of hydrogen-bond acceptors (Lipinski definition) is 0. The van der Waals surface area contributed by atoms with Gasteiger partial charge in [-0.15, -0.1) is 0 Å². The van der Waals surface area contributed by atoms with Crippen molar-refractivity contribution in [2.75, 3.05) is 19.6 Å². The molecule has 1 nitrogen and oxygen atoms in total. The van der Waals surface area contributed by atoms with Crippen molar-refractivity contribution in [3.8, 4) is 0 Å². The summed E-state index contributed by atoms with van der Waals surface area (Å²) < 4.78 is 0. The van der Waals surface area contributed by atoms with Crippen LogP contribution in [-0.2, 0) is 0 Å². The van der Waals surface area contributed by atoms with Gasteiger partial charge in [-0.1, -0.05) is 72.1 Å². The van der Waals surface area contributed by atoms with E-state index in [9.17, 15) is 0 Å². The van der Waals surface area contributed by atoms with Crippen molar-refractivity contribution in [1.29, 1.82) is 0 Å². The lowest BCUT2D eigenvalue weighted by atomic mass is 10.1. The van der Waals surface area contributed by atoms with Gasteiger partial charge >= 0.3 is 0 Å². The lowest BCUT2D eigenvalue weighted by molar-refractivity contribution is -0.900. The summed E-state index contributed by atoms with van der Waals surface area (Å²) in [6.45, 7) is 11.2. The van der Waals surface area contributed by atoms with Crippen LogP contribution in [-0.4, -0.2) is 19.6 Å². The van der Waals surface area contributed by atoms with E-state index in [-0.39, 0.29) is 0 Å². The second-order valence-electron chi connectivity index (χ2n) is 6.18. The number of hydrogen-bond donors (Lipinski definition) is 1. The predicted octanol–water partition coefficient (Wildman–Crippen LogP) is 4.61. The SMILES string of the molecule is CCCCCCCCCC[NH+](CCCC)CCCC. The summed E-state index contributed by atoms with van der Waals surface area (Å²) in [7, 11) is 0. The quantitative estimate of drug-likeness (QED) is 0.414. The summed E-state index contributed by atoms with van der Waals surface area (Å²) in [5.74, 6) is 0. The fraction of sp³-hybridized carbons (Fsp3) is 1.00. The fourth-order valence-electron chi connectivity index (χ4n) is 2.74.